The third-order valence-corrected chi connectivity index (χ3v) is 4.28. The maximum absolute atomic E-state index is 12.6. The molecule has 0 unspecified atom stereocenters. The summed E-state index contributed by atoms with van der Waals surface area (Å²) in [4.78, 5) is 28.4. The van der Waals surface area contributed by atoms with Crippen molar-refractivity contribution in [2.75, 3.05) is 37.9 Å². The first-order valence-electron chi connectivity index (χ1n) is 8.59. The quantitative estimate of drug-likeness (QED) is 0.896. The van der Waals surface area contributed by atoms with Crippen LogP contribution in [0.3, 0.4) is 0 Å². The Labute approximate surface area is 155 Å². The van der Waals surface area contributed by atoms with Crippen molar-refractivity contribution in [3.8, 4) is 0 Å². The number of carbonyl (C=O) groups excluding carboxylic acids is 2. The zero-order valence-electron chi connectivity index (χ0n) is 16.4. The Morgan fingerprint density at radius 1 is 0.962 bits per heavy atom. The van der Waals surface area contributed by atoms with Crippen LogP contribution in [0.1, 0.15) is 27.0 Å². The van der Waals surface area contributed by atoms with Gasteiger partial charge in [0, 0.05) is 38.1 Å². The molecule has 0 aliphatic rings. The first kappa shape index (κ1) is 19.5. The lowest BCUT2D eigenvalue weighted by molar-refractivity contribution is -0.116. The topological polar surface area (TPSA) is 52.7 Å². The summed E-state index contributed by atoms with van der Waals surface area (Å²) in [6.45, 7) is 5.96. The van der Waals surface area contributed by atoms with Crippen molar-refractivity contribution in [3.63, 3.8) is 0 Å². The van der Waals surface area contributed by atoms with E-state index in [4.69, 9.17) is 0 Å². The average Bonchev–Trinajstić information content (AvgIpc) is 2.57. The summed E-state index contributed by atoms with van der Waals surface area (Å²) >= 11 is 0. The van der Waals surface area contributed by atoms with Gasteiger partial charge in [0.05, 0.1) is 6.54 Å². The number of hydrogen-bond acceptors (Lipinski definition) is 3. The van der Waals surface area contributed by atoms with Crippen molar-refractivity contribution >= 4 is 23.2 Å². The minimum Gasteiger partial charge on any atom is -0.378 e. The molecule has 0 aliphatic carbocycles. The Hall–Kier alpha value is -2.82. The molecule has 2 rings (SSSR count). The van der Waals surface area contributed by atoms with Gasteiger partial charge in [-0.3, -0.25) is 9.59 Å². The summed E-state index contributed by atoms with van der Waals surface area (Å²) in [6.07, 6.45) is 0. The van der Waals surface area contributed by atoms with Gasteiger partial charge in [0.25, 0.3) is 5.91 Å². The second-order valence-corrected chi connectivity index (χ2v) is 6.93. The monoisotopic (exact) mass is 353 g/mol. The Bertz CT molecular complexity index is 805. The number of benzene rings is 2. The Balaban J connectivity index is 2.07. The number of rotatable bonds is 5. The molecule has 2 aromatic carbocycles. The van der Waals surface area contributed by atoms with E-state index in [1.807, 2.05) is 70.1 Å². The molecule has 0 heterocycles. The number of nitrogens with one attached hydrogen (secondary N) is 1. The van der Waals surface area contributed by atoms with Crippen molar-refractivity contribution in [1.29, 1.82) is 0 Å². The zero-order chi connectivity index (χ0) is 19.4. The Morgan fingerprint density at radius 2 is 1.58 bits per heavy atom. The van der Waals surface area contributed by atoms with E-state index in [0.29, 0.717) is 5.56 Å². The fourth-order valence-electron chi connectivity index (χ4n) is 2.98. The zero-order valence-corrected chi connectivity index (χ0v) is 16.4. The number of carbonyl (C=O) groups is 2. The molecule has 0 bridgehead atoms. The molecule has 0 radical (unpaired) electrons. The molecule has 0 fully saturated rings. The van der Waals surface area contributed by atoms with Gasteiger partial charge in [-0.2, -0.15) is 0 Å². The summed E-state index contributed by atoms with van der Waals surface area (Å²) < 4.78 is 0. The predicted molar refractivity (Wildman–Crippen MR) is 107 cm³/mol. The van der Waals surface area contributed by atoms with Gasteiger partial charge in [0.2, 0.25) is 5.91 Å². The molecule has 0 spiro atoms. The van der Waals surface area contributed by atoms with Gasteiger partial charge in [-0.05, 0) is 50.1 Å². The molecule has 0 aliphatic heterocycles. The third-order valence-electron chi connectivity index (χ3n) is 4.28. The second-order valence-electron chi connectivity index (χ2n) is 6.93. The first-order valence-corrected chi connectivity index (χ1v) is 8.59. The Kier molecular flexibility index (Phi) is 6.03. The van der Waals surface area contributed by atoms with Crippen LogP contribution in [0.25, 0.3) is 0 Å². The molecule has 0 saturated carbocycles. The lowest BCUT2D eigenvalue weighted by Crippen LogP contribution is -2.35. The highest BCUT2D eigenvalue weighted by Crippen LogP contribution is 2.22. The molecule has 2 amide bonds. The lowest BCUT2D eigenvalue weighted by Gasteiger charge is -2.19. The second kappa shape index (κ2) is 8.04. The number of amides is 2. The van der Waals surface area contributed by atoms with Crippen LogP contribution in [0.4, 0.5) is 11.4 Å². The molecule has 5 nitrogen and oxygen atoms in total. The number of nitrogens with zero attached hydrogens (tertiary/aromatic N) is 2. The number of likely N-dealkylation sites (N-methyl/N-ethyl adjacent to an activating group) is 1. The van der Waals surface area contributed by atoms with E-state index in [2.05, 4.69) is 5.32 Å². The van der Waals surface area contributed by atoms with E-state index in [1.165, 1.54) is 4.90 Å². The number of anilines is 2. The molecule has 26 heavy (non-hydrogen) atoms. The Morgan fingerprint density at radius 3 is 2.15 bits per heavy atom. The highest BCUT2D eigenvalue weighted by atomic mass is 16.2. The van der Waals surface area contributed by atoms with Crippen LogP contribution < -0.4 is 10.2 Å². The van der Waals surface area contributed by atoms with Crippen molar-refractivity contribution in [2.45, 2.75) is 20.8 Å². The highest BCUT2D eigenvalue weighted by molar-refractivity contribution is 6.00. The van der Waals surface area contributed by atoms with Crippen molar-refractivity contribution in [2.24, 2.45) is 0 Å². The summed E-state index contributed by atoms with van der Waals surface area (Å²) in [5.41, 5.74) is 5.52. The van der Waals surface area contributed by atoms with Gasteiger partial charge >= 0.3 is 0 Å². The smallest absolute Gasteiger partial charge is 0.254 e. The SMILES string of the molecule is Cc1cc(C)c(NC(=O)CN(C)C(=O)c2cccc(N(C)C)c2)c(C)c1. The summed E-state index contributed by atoms with van der Waals surface area (Å²) in [5.74, 6) is -0.388. The van der Waals surface area contributed by atoms with Crippen LogP contribution in [0, 0.1) is 20.8 Å². The first-order chi connectivity index (χ1) is 12.2. The predicted octanol–water partition coefficient (Wildman–Crippen LogP) is 3.39. The lowest BCUT2D eigenvalue weighted by atomic mass is 10.1. The summed E-state index contributed by atoms with van der Waals surface area (Å²) in [6, 6.07) is 11.4. The van der Waals surface area contributed by atoms with Crippen LogP contribution in [0.5, 0.6) is 0 Å². The van der Waals surface area contributed by atoms with Crippen molar-refractivity contribution in [1.82, 2.24) is 4.90 Å². The molecule has 0 aromatic heterocycles. The molecule has 0 atom stereocenters. The molecule has 138 valence electrons. The summed E-state index contributed by atoms with van der Waals surface area (Å²) in [7, 11) is 5.49. The van der Waals surface area contributed by atoms with E-state index < -0.39 is 0 Å². The van der Waals surface area contributed by atoms with E-state index >= 15 is 0 Å². The van der Waals surface area contributed by atoms with Crippen LogP contribution >= 0.6 is 0 Å². The fourth-order valence-corrected chi connectivity index (χ4v) is 2.98. The molecular formula is C21H27N3O2. The van der Waals surface area contributed by atoms with Crippen molar-refractivity contribution in [3.05, 3.63) is 58.7 Å². The fraction of sp³-hybridized carbons (Fsp3) is 0.333. The van der Waals surface area contributed by atoms with E-state index in [9.17, 15) is 9.59 Å². The van der Waals surface area contributed by atoms with Gasteiger partial charge in [0.1, 0.15) is 0 Å². The molecule has 2 aromatic rings. The van der Waals surface area contributed by atoms with Gasteiger partial charge in [-0.15, -0.1) is 0 Å². The van der Waals surface area contributed by atoms with Crippen LogP contribution in [-0.4, -0.2) is 44.4 Å². The highest BCUT2D eigenvalue weighted by Gasteiger charge is 2.17. The molecule has 0 saturated heterocycles. The largest absolute Gasteiger partial charge is 0.378 e. The molecule has 1 N–H and O–H groups in total. The minimum atomic E-state index is -0.209. The van der Waals surface area contributed by atoms with Crippen LogP contribution in [0.15, 0.2) is 36.4 Å². The summed E-state index contributed by atoms with van der Waals surface area (Å²) in [5, 5.41) is 2.93. The van der Waals surface area contributed by atoms with Gasteiger partial charge < -0.3 is 15.1 Å². The number of hydrogen-bond donors (Lipinski definition) is 1. The van der Waals surface area contributed by atoms with Crippen LogP contribution in [0.2, 0.25) is 0 Å². The van der Waals surface area contributed by atoms with Gasteiger partial charge in [-0.25, -0.2) is 0 Å². The normalized spacial score (nSPS) is 10.4. The minimum absolute atomic E-state index is 0.00220. The maximum atomic E-state index is 12.6. The van der Waals surface area contributed by atoms with Gasteiger partial charge in [-0.1, -0.05) is 23.8 Å². The van der Waals surface area contributed by atoms with E-state index in [-0.39, 0.29) is 18.4 Å². The average molecular weight is 353 g/mol. The number of aryl methyl sites for hydroxylation is 3. The molecular weight excluding hydrogens is 326 g/mol. The van der Waals surface area contributed by atoms with E-state index in [0.717, 1.165) is 28.1 Å². The van der Waals surface area contributed by atoms with Crippen LogP contribution in [-0.2, 0) is 4.79 Å². The van der Waals surface area contributed by atoms with Crippen molar-refractivity contribution < 1.29 is 9.59 Å². The third kappa shape index (κ3) is 4.63. The molecule has 5 heteroatoms. The van der Waals surface area contributed by atoms with Gasteiger partial charge in [0.15, 0.2) is 0 Å². The maximum Gasteiger partial charge on any atom is 0.254 e. The standard InChI is InChI=1S/C21H27N3O2/c1-14-10-15(2)20(16(3)11-14)22-19(25)13-24(6)21(26)17-8-7-9-18(12-17)23(4)5/h7-12H,13H2,1-6H3,(H,22,25). The van der Waals surface area contributed by atoms with E-state index in [1.54, 1.807) is 13.1 Å².